The zero-order chi connectivity index (χ0) is 18.8. The second-order valence-electron chi connectivity index (χ2n) is 6.36. The minimum absolute atomic E-state index is 0.747. The Morgan fingerprint density at radius 1 is 0.643 bits per heavy atom. The van der Waals surface area contributed by atoms with Crippen LogP contribution < -0.4 is 16.0 Å². The maximum atomic E-state index is 5.03. The second kappa shape index (κ2) is 7.34. The van der Waals surface area contributed by atoms with Gasteiger partial charge in [-0.1, -0.05) is 78.0 Å². The van der Waals surface area contributed by atoms with Crippen LogP contribution in [0, 0.1) is 0 Å². The largest absolute Gasteiger partial charge is 0.246 e. The predicted molar refractivity (Wildman–Crippen MR) is 115 cm³/mol. The zero-order valence-corrected chi connectivity index (χ0v) is 15.9. The highest BCUT2D eigenvalue weighted by atomic mass is 31.1. The normalized spacial score (nSPS) is 11.2. The van der Waals surface area contributed by atoms with Crippen molar-refractivity contribution >= 4 is 29.5 Å². The molecular weight excluding hydrogens is 363 g/mol. The summed E-state index contributed by atoms with van der Waals surface area (Å²) in [6.45, 7) is 0. The van der Waals surface area contributed by atoms with Crippen LogP contribution in [0.5, 0.6) is 0 Å². The molecule has 0 aliphatic carbocycles. The Hall–Kier alpha value is -3.36. The first kappa shape index (κ1) is 16.8. The molecule has 0 saturated carbocycles. The van der Waals surface area contributed by atoms with Crippen LogP contribution in [0.25, 0.3) is 16.9 Å². The molecule has 134 valence electrons. The summed E-state index contributed by atoms with van der Waals surface area (Å²) < 4.78 is 1.78. The number of pyridine rings is 2. The molecular formula is C23H17N4P. The number of fused-ring (bicyclic) bond motifs is 1. The van der Waals surface area contributed by atoms with E-state index in [0.717, 1.165) is 22.3 Å². The summed E-state index contributed by atoms with van der Waals surface area (Å²) in [6, 6.07) is 33.3. The number of hydrogen-bond donors (Lipinski definition) is 0. The van der Waals surface area contributed by atoms with Crippen molar-refractivity contribution in [2.24, 2.45) is 0 Å². The minimum atomic E-state index is -0.747. The van der Waals surface area contributed by atoms with Crippen LogP contribution in [-0.4, -0.2) is 19.8 Å². The summed E-state index contributed by atoms with van der Waals surface area (Å²) in [5, 5.41) is 11.1. The van der Waals surface area contributed by atoms with Crippen molar-refractivity contribution < 1.29 is 0 Å². The molecule has 28 heavy (non-hydrogen) atoms. The van der Waals surface area contributed by atoms with Gasteiger partial charge < -0.3 is 0 Å². The standard InChI is InChI=1S/C23H17N4P/c1-3-10-18(11-4-1)28(19-12-5-2-6-13-19)22-16-9-14-20(24-22)23-21-15-7-8-17-27(21)26-25-23/h1-17H. The van der Waals surface area contributed by atoms with Crippen LogP contribution in [0.1, 0.15) is 0 Å². The van der Waals surface area contributed by atoms with E-state index in [1.54, 1.807) is 4.52 Å². The third kappa shape index (κ3) is 3.08. The summed E-state index contributed by atoms with van der Waals surface area (Å²) >= 11 is 0. The van der Waals surface area contributed by atoms with Gasteiger partial charge >= 0.3 is 0 Å². The first-order valence-corrected chi connectivity index (χ1v) is 10.4. The van der Waals surface area contributed by atoms with Gasteiger partial charge in [-0.3, -0.25) is 0 Å². The lowest BCUT2D eigenvalue weighted by molar-refractivity contribution is 0.856. The van der Waals surface area contributed by atoms with Crippen molar-refractivity contribution in [2.45, 2.75) is 0 Å². The molecule has 0 radical (unpaired) electrons. The van der Waals surface area contributed by atoms with Gasteiger partial charge in [-0.25, -0.2) is 9.50 Å². The minimum Gasteiger partial charge on any atom is -0.246 e. The molecule has 0 aliphatic heterocycles. The fourth-order valence-electron chi connectivity index (χ4n) is 3.27. The molecule has 0 aliphatic rings. The van der Waals surface area contributed by atoms with E-state index >= 15 is 0 Å². The Morgan fingerprint density at radius 3 is 2.04 bits per heavy atom. The van der Waals surface area contributed by atoms with Gasteiger partial charge in [-0.05, 0) is 34.9 Å². The predicted octanol–water partition coefficient (Wildman–Crippen LogP) is 3.55. The quantitative estimate of drug-likeness (QED) is 0.448. The summed E-state index contributed by atoms with van der Waals surface area (Å²) in [4.78, 5) is 5.03. The SMILES string of the molecule is c1ccc(P(c2ccccc2)c2cccc(-c3nnn4ccccc34)n2)cc1. The number of hydrogen-bond acceptors (Lipinski definition) is 3. The monoisotopic (exact) mass is 380 g/mol. The van der Waals surface area contributed by atoms with Crippen LogP contribution in [0.2, 0.25) is 0 Å². The summed E-state index contributed by atoms with van der Waals surface area (Å²) in [6.07, 6.45) is 1.90. The molecule has 5 heteroatoms. The molecule has 0 spiro atoms. The first-order valence-electron chi connectivity index (χ1n) is 9.08. The van der Waals surface area contributed by atoms with E-state index in [1.165, 1.54) is 10.6 Å². The molecule has 5 rings (SSSR count). The molecule has 0 atom stereocenters. The smallest absolute Gasteiger partial charge is 0.139 e. The van der Waals surface area contributed by atoms with Gasteiger partial charge in [0.2, 0.25) is 0 Å². The number of aromatic nitrogens is 4. The van der Waals surface area contributed by atoms with Crippen molar-refractivity contribution in [1.29, 1.82) is 0 Å². The van der Waals surface area contributed by atoms with Crippen LogP contribution in [-0.2, 0) is 0 Å². The Morgan fingerprint density at radius 2 is 1.32 bits per heavy atom. The Bertz CT molecular complexity index is 1180. The van der Waals surface area contributed by atoms with Crippen molar-refractivity contribution in [3.8, 4) is 11.4 Å². The molecule has 0 N–H and O–H groups in total. The average Bonchev–Trinajstić information content (AvgIpc) is 3.20. The summed E-state index contributed by atoms with van der Waals surface area (Å²) in [5.74, 6) is 0. The first-order chi connectivity index (χ1) is 13.9. The van der Waals surface area contributed by atoms with E-state index in [2.05, 4.69) is 83.1 Å². The van der Waals surface area contributed by atoms with Crippen LogP contribution >= 0.6 is 7.92 Å². The lowest BCUT2D eigenvalue weighted by atomic mass is 10.2. The highest BCUT2D eigenvalue weighted by molar-refractivity contribution is 7.79. The lowest BCUT2D eigenvalue weighted by Gasteiger charge is -2.18. The van der Waals surface area contributed by atoms with E-state index in [0.29, 0.717) is 0 Å². The lowest BCUT2D eigenvalue weighted by Crippen LogP contribution is -2.22. The Kier molecular flexibility index (Phi) is 4.40. The molecule has 0 bridgehead atoms. The molecule has 3 heterocycles. The summed E-state index contributed by atoms with van der Waals surface area (Å²) in [5.41, 5.74) is 3.66. The highest BCUT2D eigenvalue weighted by Gasteiger charge is 2.19. The van der Waals surface area contributed by atoms with E-state index in [4.69, 9.17) is 4.98 Å². The molecule has 2 aromatic carbocycles. The van der Waals surface area contributed by atoms with Crippen LogP contribution in [0.3, 0.4) is 0 Å². The van der Waals surface area contributed by atoms with Gasteiger partial charge in [0.25, 0.3) is 0 Å². The van der Waals surface area contributed by atoms with Crippen molar-refractivity contribution in [3.63, 3.8) is 0 Å². The highest BCUT2D eigenvalue weighted by Crippen LogP contribution is 2.32. The van der Waals surface area contributed by atoms with Gasteiger partial charge in [0.05, 0.1) is 16.6 Å². The van der Waals surface area contributed by atoms with Crippen molar-refractivity contribution in [1.82, 2.24) is 19.8 Å². The van der Waals surface area contributed by atoms with E-state index in [1.807, 2.05) is 30.5 Å². The van der Waals surface area contributed by atoms with Gasteiger partial charge in [0.1, 0.15) is 5.69 Å². The molecule has 0 saturated heterocycles. The number of benzene rings is 2. The number of nitrogens with zero attached hydrogens (tertiary/aromatic N) is 4. The van der Waals surface area contributed by atoms with Gasteiger partial charge in [-0.2, -0.15) is 0 Å². The van der Waals surface area contributed by atoms with Crippen molar-refractivity contribution in [3.05, 3.63) is 103 Å². The topological polar surface area (TPSA) is 43.1 Å². The summed E-state index contributed by atoms with van der Waals surface area (Å²) in [7, 11) is -0.747. The fourth-order valence-corrected chi connectivity index (χ4v) is 5.48. The molecule has 0 fully saturated rings. The van der Waals surface area contributed by atoms with Gasteiger partial charge in [0, 0.05) is 14.1 Å². The average molecular weight is 380 g/mol. The van der Waals surface area contributed by atoms with Crippen LogP contribution in [0.15, 0.2) is 103 Å². The van der Waals surface area contributed by atoms with Crippen molar-refractivity contribution in [2.75, 3.05) is 0 Å². The van der Waals surface area contributed by atoms with E-state index < -0.39 is 7.92 Å². The second-order valence-corrected chi connectivity index (χ2v) is 8.52. The van der Waals surface area contributed by atoms with Gasteiger partial charge in [0.15, 0.2) is 0 Å². The molecule has 0 amide bonds. The molecule has 0 unspecified atom stereocenters. The third-order valence-electron chi connectivity index (χ3n) is 4.56. The molecule has 5 aromatic rings. The maximum Gasteiger partial charge on any atom is 0.139 e. The van der Waals surface area contributed by atoms with Gasteiger partial charge in [-0.15, -0.1) is 5.10 Å². The van der Waals surface area contributed by atoms with E-state index in [9.17, 15) is 0 Å². The van der Waals surface area contributed by atoms with E-state index in [-0.39, 0.29) is 0 Å². The Balaban J connectivity index is 1.66. The zero-order valence-electron chi connectivity index (χ0n) is 15.1. The van der Waals surface area contributed by atoms with Crippen LogP contribution in [0.4, 0.5) is 0 Å². The Labute approximate surface area is 164 Å². The maximum absolute atomic E-state index is 5.03. The molecule has 4 nitrogen and oxygen atoms in total. The number of rotatable bonds is 4. The fraction of sp³-hybridized carbons (Fsp3) is 0. The molecule has 3 aromatic heterocycles. The third-order valence-corrected chi connectivity index (χ3v) is 6.89.